The first kappa shape index (κ1) is 15.4. The molecule has 0 bridgehead atoms. The third-order valence-electron chi connectivity index (χ3n) is 3.56. The molecule has 0 radical (unpaired) electrons. The van der Waals surface area contributed by atoms with Crippen LogP contribution in [-0.2, 0) is 0 Å². The first-order valence-corrected chi connectivity index (χ1v) is 7.23. The van der Waals surface area contributed by atoms with Crippen LogP contribution in [0.2, 0.25) is 0 Å². The van der Waals surface area contributed by atoms with E-state index in [1.807, 2.05) is 18.9 Å². The molecule has 1 aliphatic rings. The standard InChI is InChI=1S/C13H22N6O2/c1-4-5-14-13-15-10(2)11(19(20)21)12(16-13)18-8-6-17(3)7-9-18/h4-9H2,1-3H3,(H,14,15,16). The maximum absolute atomic E-state index is 11.3. The molecule has 0 amide bonds. The maximum atomic E-state index is 11.3. The van der Waals surface area contributed by atoms with Crippen molar-refractivity contribution in [2.75, 3.05) is 50.0 Å². The second kappa shape index (κ2) is 6.66. The van der Waals surface area contributed by atoms with Crippen LogP contribution in [-0.4, -0.2) is 59.6 Å². The van der Waals surface area contributed by atoms with Gasteiger partial charge in [-0.1, -0.05) is 6.92 Å². The monoisotopic (exact) mass is 294 g/mol. The molecule has 116 valence electrons. The van der Waals surface area contributed by atoms with Crippen LogP contribution in [0, 0.1) is 17.0 Å². The normalized spacial score (nSPS) is 16.0. The van der Waals surface area contributed by atoms with Gasteiger partial charge in [-0.2, -0.15) is 4.98 Å². The van der Waals surface area contributed by atoms with Crippen LogP contribution < -0.4 is 10.2 Å². The van der Waals surface area contributed by atoms with Crippen molar-refractivity contribution in [3.63, 3.8) is 0 Å². The summed E-state index contributed by atoms with van der Waals surface area (Å²) in [7, 11) is 2.05. The van der Waals surface area contributed by atoms with Crippen molar-refractivity contribution in [3.8, 4) is 0 Å². The zero-order valence-corrected chi connectivity index (χ0v) is 12.8. The van der Waals surface area contributed by atoms with Crippen LogP contribution in [0.4, 0.5) is 17.5 Å². The van der Waals surface area contributed by atoms with E-state index in [-0.39, 0.29) is 10.6 Å². The van der Waals surface area contributed by atoms with E-state index in [0.29, 0.717) is 17.5 Å². The van der Waals surface area contributed by atoms with Crippen molar-refractivity contribution in [1.82, 2.24) is 14.9 Å². The largest absolute Gasteiger partial charge is 0.354 e. The number of aromatic nitrogens is 2. The Hall–Kier alpha value is -1.96. The fraction of sp³-hybridized carbons (Fsp3) is 0.692. The molecule has 0 spiro atoms. The van der Waals surface area contributed by atoms with Gasteiger partial charge in [-0.05, 0) is 20.4 Å². The van der Waals surface area contributed by atoms with E-state index in [1.54, 1.807) is 6.92 Å². The number of piperazine rings is 1. The van der Waals surface area contributed by atoms with Crippen LogP contribution in [0.5, 0.6) is 0 Å². The predicted molar refractivity (Wildman–Crippen MR) is 81.9 cm³/mol. The van der Waals surface area contributed by atoms with Crippen molar-refractivity contribution < 1.29 is 4.92 Å². The number of nitrogens with one attached hydrogen (secondary N) is 1. The SMILES string of the molecule is CCCNc1nc(C)c([N+](=O)[O-])c(N2CCN(C)CC2)n1. The van der Waals surface area contributed by atoms with E-state index >= 15 is 0 Å². The Morgan fingerprint density at radius 1 is 1.29 bits per heavy atom. The molecular weight excluding hydrogens is 272 g/mol. The van der Waals surface area contributed by atoms with Gasteiger partial charge in [0.25, 0.3) is 0 Å². The summed E-state index contributed by atoms with van der Waals surface area (Å²) in [5.74, 6) is 0.896. The smallest absolute Gasteiger partial charge is 0.332 e. The Bertz CT molecular complexity index is 514. The number of nitro groups is 1. The molecule has 0 aliphatic carbocycles. The van der Waals surface area contributed by atoms with E-state index in [4.69, 9.17) is 0 Å². The highest BCUT2D eigenvalue weighted by Gasteiger charge is 2.28. The minimum Gasteiger partial charge on any atom is -0.354 e. The summed E-state index contributed by atoms with van der Waals surface area (Å²) in [4.78, 5) is 23.7. The van der Waals surface area contributed by atoms with Crippen molar-refractivity contribution >= 4 is 17.5 Å². The van der Waals surface area contributed by atoms with E-state index in [2.05, 4.69) is 20.2 Å². The Morgan fingerprint density at radius 3 is 2.52 bits per heavy atom. The molecule has 0 unspecified atom stereocenters. The van der Waals surface area contributed by atoms with Gasteiger partial charge in [-0.25, -0.2) is 4.98 Å². The number of hydrogen-bond acceptors (Lipinski definition) is 7. The van der Waals surface area contributed by atoms with Gasteiger partial charge in [0.05, 0.1) is 4.92 Å². The molecule has 1 fully saturated rings. The lowest BCUT2D eigenvalue weighted by Crippen LogP contribution is -2.45. The first-order valence-electron chi connectivity index (χ1n) is 7.23. The minimum absolute atomic E-state index is 0.0154. The summed E-state index contributed by atoms with van der Waals surface area (Å²) in [6, 6.07) is 0. The third-order valence-corrected chi connectivity index (χ3v) is 3.56. The zero-order valence-electron chi connectivity index (χ0n) is 12.8. The molecule has 1 aromatic heterocycles. The van der Waals surface area contributed by atoms with Gasteiger partial charge >= 0.3 is 5.69 Å². The highest BCUT2D eigenvalue weighted by Crippen LogP contribution is 2.30. The Labute approximate surface area is 124 Å². The first-order chi connectivity index (χ1) is 10.0. The lowest BCUT2D eigenvalue weighted by Gasteiger charge is -2.33. The van der Waals surface area contributed by atoms with Gasteiger partial charge < -0.3 is 15.1 Å². The van der Waals surface area contributed by atoms with Crippen LogP contribution in [0.15, 0.2) is 0 Å². The van der Waals surface area contributed by atoms with Gasteiger partial charge in [0.2, 0.25) is 11.8 Å². The van der Waals surface area contributed by atoms with Crippen molar-refractivity contribution in [1.29, 1.82) is 0 Å². The lowest BCUT2D eigenvalue weighted by atomic mass is 10.2. The quantitative estimate of drug-likeness (QED) is 0.646. The van der Waals surface area contributed by atoms with Gasteiger partial charge in [0.15, 0.2) is 0 Å². The molecule has 8 heteroatoms. The summed E-state index contributed by atoms with van der Waals surface area (Å²) < 4.78 is 0. The minimum atomic E-state index is -0.382. The average molecular weight is 294 g/mol. The van der Waals surface area contributed by atoms with Crippen LogP contribution in [0.25, 0.3) is 0 Å². The van der Waals surface area contributed by atoms with Crippen molar-refractivity contribution in [2.24, 2.45) is 0 Å². The van der Waals surface area contributed by atoms with E-state index in [1.165, 1.54) is 0 Å². The summed E-state index contributed by atoms with van der Waals surface area (Å²) in [5, 5.41) is 14.5. The van der Waals surface area contributed by atoms with Crippen molar-refractivity contribution in [3.05, 3.63) is 15.8 Å². The number of anilines is 2. The summed E-state index contributed by atoms with van der Waals surface area (Å²) >= 11 is 0. The molecule has 2 heterocycles. The van der Waals surface area contributed by atoms with Crippen LogP contribution in [0.1, 0.15) is 19.0 Å². The van der Waals surface area contributed by atoms with Gasteiger partial charge in [0, 0.05) is 32.7 Å². The average Bonchev–Trinajstić information content (AvgIpc) is 2.44. The second-order valence-electron chi connectivity index (χ2n) is 5.28. The van der Waals surface area contributed by atoms with E-state index < -0.39 is 0 Å². The highest BCUT2D eigenvalue weighted by atomic mass is 16.6. The Balaban J connectivity index is 2.35. The molecule has 0 saturated carbocycles. The van der Waals surface area contributed by atoms with E-state index in [9.17, 15) is 10.1 Å². The predicted octanol–water partition coefficient (Wildman–Crippen LogP) is 1.27. The zero-order chi connectivity index (χ0) is 15.4. The van der Waals surface area contributed by atoms with Crippen molar-refractivity contribution in [2.45, 2.75) is 20.3 Å². The molecule has 0 aromatic carbocycles. The molecule has 0 atom stereocenters. The van der Waals surface area contributed by atoms with Gasteiger partial charge in [-0.15, -0.1) is 0 Å². The van der Waals surface area contributed by atoms with Gasteiger partial charge in [0.1, 0.15) is 5.69 Å². The number of aryl methyl sites for hydroxylation is 1. The van der Waals surface area contributed by atoms with Gasteiger partial charge in [-0.3, -0.25) is 10.1 Å². The Morgan fingerprint density at radius 2 is 1.95 bits per heavy atom. The molecule has 21 heavy (non-hydrogen) atoms. The molecule has 8 nitrogen and oxygen atoms in total. The number of hydrogen-bond donors (Lipinski definition) is 1. The molecule has 1 aliphatic heterocycles. The molecule has 1 N–H and O–H groups in total. The van der Waals surface area contributed by atoms with E-state index in [0.717, 1.165) is 39.1 Å². The summed E-state index contributed by atoms with van der Waals surface area (Å²) in [6.07, 6.45) is 0.948. The summed E-state index contributed by atoms with van der Waals surface area (Å²) in [6.45, 7) is 7.68. The summed E-state index contributed by atoms with van der Waals surface area (Å²) in [5.41, 5.74) is 0.420. The number of rotatable bonds is 5. The highest BCUT2D eigenvalue weighted by molar-refractivity contribution is 5.62. The number of nitrogens with zero attached hydrogens (tertiary/aromatic N) is 5. The number of likely N-dealkylation sites (N-methyl/N-ethyl adjacent to an activating group) is 1. The fourth-order valence-corrected chi connectivity index (χ4v) is 2.32. The fourth-order valence-electron chi connectivity index (χ4n) is 2.32. The topological polar surface area (TPSA) is 87.4 Å². The van der Waals surface area contributed by atoms with Crippen LogP contribution in [0.3, 0.4) is 0 Å². The molecular formula is C13H22N6O2. The Kier molecular flexibility index (Phi) is 4.89. The molecule has 1 saturated heterocycles. The lowest BCUT2D eigenvalue weighted by molar-refractivity contribution is -0.385. The second-order valence-corrected chi connectivity index (χ2v) is 5.28. The molecule has 2 rings (SSSR count). The van der Waals surface area contributed by atoms with Crippen LogP contribution >= 0.6 is 0 Å². The molecule has 1 aromatic rings. The third kappa shape index (κ3) is 3.57. The maximum Gasteiger partial charge on any atom is 0.332 e.